The second kappa shape index (κ2) is 2.78. The van der Waals surface area contributed by atoms with Crippen LogP contribution in [0.4, 0.5) is 0 Å². The minimum atomic E-state index is -0.868. The van der Waals surface area contributed by atoms with Gasteiger partial charge in [-0.3, -0.25) is 0 Å². The maximum Gasteiger partial charge on any atom is 0.352 e. The van der Waals surface area contributed by atoms with E-state index in [-0.39, 0.29) is 0 Å². The van der Waals surface area contributed by atoms with E-state index in [1.165, 1.54) is 0 Å². The van der Waals surface area contributed by atoms with Gasteiger partial charge in [-0.25, -0.2) is 4.79 Å². The van der Waals surface area contributed by atoms with Crippen molar-refractivity contribution in [1.29, 1.82) is 0 Å². The van der Waals surface area contributed by atoms with Crippen LogP contribution < -0.4 is 0 Å². The molecule has 0 amide bonds. The Morgan fingerprint density at radius 2 is 2.27 bits per heavy atom. The predicted molar refractivity (Wildman–Crippen MR) is 41.8 cm³/mol. The summed E-state index contributed by atoms with van der Waals surface area (Å²) < 4.78 is 1.70. The first-order chi connectivity index (χ1) is 5.16. The first kappa shape index (κ1) is 7.85. The summed E-state index contributed by atoms with van der Waals surface area (Å²) in [5.74, 6) is -0.868. The molecule has 0 radical (unpaired) electrons. The molecule has 11 heavy (non-hydrogen) atoms. The van der Waals surface area contributed by atoms with Gasteiger partial charge in [-0.1, -0.05) is 6.92 Å². The fraction of sp³-hybridized carbons (Fsp3) is 0.375. The second-order valence-electron chi connectivity index (χ2n) is 2.43. The molecule has 0 bridgehead atoms. The van der Waals surface area contributed by atoms with Crippen LogP contribution in [0.1, 0.15) is 23.1 Å². The summed E-state index contributed by atoms with van der Waals surface area (Å²) in [6.07, 6.45) is 0.865. The van der Waals surface area contributed by atoms with Gasteiger partial charge in [0.25, 0.3) is 0 Å². The molecule has 0 aliphatic heterocycles. The van der Waals surface area contributed by atoms with Crippen LogP contribution in [0, 0.1) is 0 Å². The molecule has 3 heteroatoms. The van der Waals surface area contributed by atoms with E-state index in [1.54, 1.807) is 17.7 Å². The summed E-state index contributed by atoms with van der Waals surface area (Å²) in [7, 11) is 1.77. The molecule has 1 aromatic rings. The van der Waals surface area contributed by atoms with E-state index in [1.807, 2.05) is 13.0 Å². The molecule has 0 saturated carbocycles. The van der Waals surface area contributed by atoms with Crippen LogP contribution >= 0.6 is 0 Å². The molecular formula is C8H11NO2. The van der Waals surface area contributed by atoms with Gasteiger partial charge in [0.2, 0.25) is 0 Å². The number of hydrogen-bond donors (Lipinski definition) is 1. The van der Waals surface area contributed by atoms with Gasteiger partial charge < -0.3 is 9.67 Å². The number of hydrogen-bond acceptors (Lipinski definition) is 1. The molecule has 3 nitrogen and oxygen atoms in total. The third-order valence-electron chi connectivity index (χ3n) is 1.81. The maximum atomic E-state index is 10.5. The van der Waals surface area contributed by atoms with Gasteiger partial charge in [-0.15, -0.1) is 0 Å². The zero-order valence-corrected chi connectivity index (χ0v) is 6.66. The highest BCUT2D eigenvalue weighted by molar-refractivity contribution is 5.86. The van der Waals surface area contributed by atoms with Crippen LogP contribution in [0.15, 0.2) is 12.1 Å². The largest absolute Gasteiger partial charge is 0.477 e. The van der Waals surface area contributed by atoms with Crippen molar-refractivity contribution in [3.8, 4) is 0 Å². The summed E-state index contributed by atoms with van der Waals surface area (Å²) in [6.45, 7) is 2.00. The number of aromatic carboxylic acids is 1. The molecule has 1 rings (SSSR count). The van der Waals surface area contributed by atoms with Crippen molar-refractivity contribution >= 4 is 5.97 Å². The number of carbonyl (C=O) groups is 1. The van der Waals surface area contributed by atoms with Crippen LogP contribution in [-0.2, 0) is 13.5 Å². The van der Waals surface area contributed by atoms with Crippen LogP contribution in [-0.4, -0.2) is 15.6 Å². The minimum absolute atomic E-state index is 0.349. The topological polar surface area (TPSA) is 42.2 Å². The lowest BCUT2D eigenvalue weighted by Crippen LogP contribution is -2.06. The summed E-state index contributed by atoms with van der Waals surface area (Å²) in [4.78, 5) is 10.5. The molecule has 0 aliphatic carbocycles. The molecule has 0 fully saturated rings. The fourth-order valence-electron chi connectivity index (χ4n) is 1.12. The molecule has 0 saturated heterocycles. The Bertz CT molecular complexity index is 276. The third kappa shape index (κ3) is 1.27. The van der Waals surface area contributed by atoms with E-state index in [9.17, 15) is 4.79 Å². The van der Waals surface area contributed by atoms with Gasteiger partial charge in [0.05, 0.1) is 0 Å². The standard InChI is InChI=1S/C8H11NO2/c1-3-6-4-5-7(8(10)11)9(6)2/h4-5H,3H2,1-2H3,(H,10,11). The summed E-state index contributed by atoms with van der Waals surface area (Å²) in [6, 6.07) is 3.46. The Morgan fingerprint density at radius 3 is 2.55 bits per heavy atom. The van der Waals surface area contributed by atoms with Gasteiger partial charge >= 0.3 is 5.97 Å². The van der Waals surface area contributed by atoms with Crippen LogP contribution in [0.25, 0.3) is 0 Å². The second-order valence-corrected chi connectivity index (χ2v) is 2.43. The van der Waals surface area contributed by atoms with Crippen molar-refractivity contribution < 1.29 is 9.90 Å². The quantitative estimate of drug-likeness (QED) is 0.695. The number of aryl methyl sites for hydroxylation is 1. The molecule has 0 aromatic carbocycles. The van der Waals surface area contributed by atoms with Crippen LogP contribution in [0.2, 0.25) is 0 Å². The Hall–Kier alpha value is -1.25. The maximum absolute atomic E-state index is 10.5. The van der Waals surface area contributed by atoms with E-state index >= 15 is 0 Å². The number of nitrogens with zero attached hydrogens (tertiary/aromatic N) is 1. The molecule has 1 N–H and O–H groups in total. The van der Waals surface area contributed by atoms with E-state index in [4.69, 9.17) is 5.11 Å². The lowest BCUT2D eigenvalue weighted by molar-refractivity contribution is 0.0686. The fourth-order valence-corrected chi connectivity index (χ4v) is 1.12. The first-order valence-corrected chi connectivity index (χ1v) is 3.54. The molecule has 60 valence electrons. The zero-order chi connectivity index (χ0) is 8.43. The van der Waals surface area contributed by atoms with Crippen LogP contribution in [0.5, 0.6) is 0 Å². The molecule has 0 unspecified atom stereocenters. The number of carboxylic acid groups (broad SMARTS) is 1. The van der Waals surface area contributed by atoms with Gasteiger partial charge in [0, 0.05) is 12.7 Å². The Morgan fingerprint density at radius 1 is 1.64 bits per heavy atom. The van der Waals surface area contributed by atoms with Gasteiger partial charge in [-0.2, -0.15) is 0 Å². The van der Waals surface area contributed by atoms with E-state index in [0.29, 0.717) is 5.69 Å². The summed E-state index contributed by atoms with van der Waals surface area (Å²) in [5, 5.41) is 8.65. The van der Waals surface area contributed by atoms with Gasteiger partial charge in [0.1, 0.15) is 5.69 Å². The summed E-state index contributed by atoms with van der Waals surface area (Å²) in [5.41, 5.74) is 1.39. The van der Waals surface area contributed by atoms with Crippen molar-refractivity contribution in [2.75, 3.05) is 0 Å². The highest BCUT2D eigenvalue weighted by Gasteiger charge is 2.08. The zero-order valence-electron chi connectivity index (χ0n) is 6.66. The molecular weight excluding hydrogens is 142 g/mol. The third-order valence-corrected chi connectivity index (χ3v) is 1.81. The Labute approximate surface area is 65.3 Å². The van der Waals surface area contributed by atoms with Crippen molar-refractivity contribution in [2.45, 2.75) is 13.3 Å². The normalized spacial score (nSPS) is 10.0. The Kier molecular flexibility index (Phi) is 1.98. The van der Waals surface area contributed by atoms with E-state index in [2.05, 4.69) is 0 Å². The van der Waals surface area contributed by atoms with Crippen molar-refractivity contribution in [3.63, 3.8) is 0 Å². The highest BCUT2D eigenvalue weighted by atomic mass is 16.4. The summed E-state index contributed by atoms with van der Waals surface area (Å²) >= 11 is 0. The smallest absolute Gasteiger partial charge is 0.352 e. The van der Waals surface area contributed by atoms with Crippen molar-refractivity contribution in [3.05, 3.63) is 23.5 Å². The van der Waals surface area contributed by atoms with Crippen LogP contribution in [0.3, 0.4) is 0 Å². The number of aromatic nitrogens is 1. The number of carboxylic acids is 1. The molecule has 0 atom stereocenters. The SMILES string of the molecule is CCc1ccc(C(=O)O)n1C. The van der Waals surface area contributed by atoms with E-state index < -0.39 is 5.97 Å². The lowest BCUT2D eigenvalue weighted by atomic mass is 10.3. The molecule has 0 spiro atoms. The monoisotopic (exact) mass is 153 g/mol. The average molecular weight is 153 g/mol. The van der Waals surface area contributed by atoms with Crippen molar-refractivity contribution in [1.82, 2.24) is 4.57 Å². The molecule has 0 aliphatic rings. The average Bonchev–Trinajstić information content (AvgIpc) is 2.30. The van der Waals surface area contributed by atoms with Gasteiger partial charge in [-0.05, 0) is 18.6 Å². The number of rotatable bonds is 2. The predicted octanol–water partition coefficient (Wildman–Crippen LogP) is 1.29. The van der Waals surface area contributed by atoms with Gasteiger partial charge in [0.15, 0.2) is 0 Å². The minimum Gasteiger partial charge on any atom is -0.477 e. The van der Waals surface area contributed by atoms with Crippen molar-refractivity contribution in [2.24, 2.45) is 7.05 Å². The molecule has 1 aromatic heterocycles. The highest BCUT2D eigenvalue weighted by Crippen LogP contribution is 2.06. The first-order valence-electron chi connectivity index (χ1n) is 3.54. The van der Waals surface area contributed by atoms with E-state index in [0.717, 1.165) is 12.1 Å². The Balaban J connectivity index is 3.10. The lowest BCUT2D eigenvalue weighted by Gasteiger charge is -2.00. The molecule has 1 heterocycles.